The van der Waals surface area contributed by atoms with Gasteiger partial charge in [0.1, 0.15) is 0 Å². The van der Waals surface area contributed by atoms with E-state index in [0.717, 1.165) is 11.8 Å². The highest BCUT2D eigenvalue weighted by atomic mass is 32.2. The van der Waals surface area contributed by atoms with Crippen LogP contribution in [0.15, 0.2) is 48.5 Å². The zero-order valence-corrected chi connectivity index (χ0v) is 14.1. The van der Waals surface area contributed by atoms with Crippen LogP contribution in [-0.4, -0.2) is 20.6 Å². The van der Waals surface area contributed by atoms with Crippen LogP contribution in [0.4, 0.5) is 5.69 Å². The Balaban J connectivity index is 2.11. The highest BCUT2D eigenvalue weighted by Crippen LogP contribution is 2.18. The van der Waals surface area contributed by atoms with Gasteiger partial charge < -0.3 is 5.32 Å². The van der Waals surface area contributed by atoms with E-state index in [1.165, 1.54) is 0 Å². The Bertz CT molecular complexity index is 884. The van der Waals surface area contributed by atoms with Crippen LogP contribution in [0.2, 0.25) is 0 Å². The number of nitrogens with one attached hydrogen (secondary N) is 2. The number of amides is 1. The summed E-state index contributed by atoms with van der Waals surface area (Å²) in [6.45, 7) is 1.81. The highest BCUT2D eigenvalue weighted by Gasteiger charge is 2.12. The zero-order valence-electron chi connectivity index (χ0n) is 13.3. The highest BCUT2D eigenvalue weighted by molar-refractivity contribution is 7.92. The summed E-state index contributed by atoms with van der Waals surface area (Å²) in [5.74, 6) is -0.270. The van der Waals surface area contributed by atoms with E-state index in [1.54, 1.807) is 55.5 Å². The molecule has 7 heteroatoms. The molecule has 1 atom stereocenters. The van der Waals surface area contributed by atoms with Gasteiger partial charge in [-0.3, -0.25) is 9.52 Å². The standard InChI is InChI=1S/C17H17N3O3S/c1-12(15-4-3-5-16(10-15)20-24(2,22)23)19-17(21)14-8-6-13(11-18)7-9-14/h3-10,12,20H,1-2H3,(H,19,21)/t12-/m0/s1. The molecular weight excluding hydrogens is 326 g/mol. The van der Waals surface area contributed by atoms with Crippen molar-refractivity contribution in [3.63, 3.8) is 0 Å². The van der Waals surface area contributed by atoms with Crippen LogP contribution in [0.25, 0.3) is 0 Å². The minimum Gasteiger partial charge on any atom is -0.346 e. The number of anilines is 1. The third kappa shape index (κ3) is 4.83. The van der Waals surface area contributed by atoms with Gasteiger partial charge in [-0.25, -0.2) is 8.42 Å². The van der Waals surface area contributed by atoms with E-state index in [9.17, 15) is 13.2 Å². The minimum atomic E-state index is -3.36. The number of hydrogen-bond donors (Lipinski definition) is 2. The fraction of sp³-hybridized carbons (Fsp3) is 0.176. The Morgan fingerprint density at radius 1 is 1.17 bits per heavy atom. The molecule has 1 amide bonds. The van der Waals surface area contributed by atoms with E-state index in [2.05, 4.69) is 10.0 Å². The molecule has 24 heavy (non-hydrogen) atoms. The van der Waals surface area contributed by atoms with Crippen molar-refractivity contribution in [2.45, 2.75) is 13.0 Å². The molecule has 2 aromatic carbocycles. The lowest BCUT2D eigenvalue weighted by atomic mass is 10.1. The summed E-state index contributed by atoms with van der Waals surface area (Å²) < 4.78 is 25.0. The molecule has 0 aliphatic heterocycles. The molecule has 2 rings (SSSR count). The molecule has 0 aliphatic carbocycles. The summed E-state index contributed by atoms with van der Waals surface area (Å²) in [4.78, 5) is 12.2. The fourth-order valence-electron chi connectivity index (χ4n) is 2.15. The molecule has 0 heterocycles. The van der Waals surface area contributed by atoms with Gasteiger partial charge >= 0.3 is 0 Å². The van der Waals surface area contributed by atoms with Gasteiger partial charge in [0.05, 0.1) is 23.9 Å². The van der Waals surface area contributed by atoms with Gasteiger partial charge in [-0.2, -0.15) is 5.26 Å². The predicted octanol–water partition coefficient (Wildman–Crippen LogP) is 2.42. The molecule has 2 aromatic rings. The Morgan fingerprint density at radius 2 is 1.83 bits per heavy atom. The summed E-state index contributed by atoms with van der Waals surface area (Å²) in [5, 5.41) is 11.6. The van der Waals surface area contributed by atoms with Gasteiger partial charge in [0, 0.05) is 11.3 Å². The van der Waals surface area contributed by atoms with Crippen molar-refractivity contribution in [3.8, 4) is 6.07 Å². The molecule has 0 spiro atoms. The van der Waals surface area contributed by atoms with E-state index in [1.807, 2.05) is 6.07 Å². The second kappa shape index (κ2) is 7.15. The van der Waals surface area contributed by atoms with Gasteiger partial charge in [-0.05, 0) is 48.9 Å². The fourth-order valence-corrected chi connectivity index (χ4v) is 2.70. The average molecular weight is 343 g/mol. The lowest BCUT2D eigenvalue weighted by Crippen LogP contribution is -2.26. The summed E-state index contributed by atoms with van der Waals surface area (Å²) in [6, 6.07) is 14.8. The van der Waals surface area contributed by atoms with Crippen molar-refractivity contribution in [1.29, 1.82) is 5.26 Å². The maximum Gasteiger partial charge on any atom is 0.251 e. The maximum atomic E-state index is 12.2. The predicted molar refractivity (Wildman–Crippen MR) is 91.9 cm³/mol. The lowest BCUT2D eigenvalue weighted by Gasteiger charge is -2.15. The van der Waals surface area contributed by atoms with Crippen LogP contribution in [0.5, 0.6) is 0 Å². The second-order valence-corrected chi connectivity index (χ2v) is 7.13. The third-order valence-electron chi connectivity index (χ3n) is 3.31. The molecule has 0 aliphatic rings. The van der Waals surface area contributed by atoms with Crippen LogP contribution in [-0.2, 0) is 10.0 Å². The first-order chi connectivity index (χ1) is 11.3. The van der Waals surface area contributed by atoms with Gasteiger partial charge in [0.15, 0.2) is 0 Å². The van der Waals surface area contributed by atoms with Gasteiger partial charge in [0.25, 0.3) is 5.91 Å². The molecule has 6 nitrogen and oxygen atoms in total. The number of nitriles is 1. The maximum absolute atomic E-state index is 12.2. The van der Waals surface area contributed by atoms with Crippen LogP contribution in [0.3, 0.4) is 0 Å². The monoisotopic (exact) mass is 343 g/mol. The molecule has 124 valence electrons. The van der Waals surface area contributed by atoms with Crippen LogP contribution >= 0.6 is 0 Å². The minimum absolute atomic E-state index is 0.270. The number of rotatable bonds is 5. The topological polar surface area (TPSA) is 99.1 Å². The van der Waals surface area contributed by atoms with E-state index in [-0.39, 0.29) is 11.9 Å². The molecular formula is C17H17N3O3S. The SMILES string of the molecule is C[C@H](NC(=O)c1ccc(C#N)cc1)c1cccc(NS(C)(=O)=O)c1. The van der Waals surface area contributed by atoms with Gasteiger partial charge in [0.2, 0.25) is 10.0 Å². The molecule has 0 aromatic heterocycles. The Morgan fingerprint density at radius 3 is 2.42 bits per heavy atom. The summed E-state index contributed by atoms with van der Waals surface area (Å²) >= 11 is 0. The van der Waals surface area contributed by atoms with Crippen LogP contribution in [0.1, 0.15) is 34.5 Å². The van der Waals surface area contributed by atoms with Crippen molar-refractivity contribution in [2.75, 3.05) is 11.0 Å². The first kappa shape index (κ1) is 17.5. The van der Waals surface area contributed by atoms with E-state index < -0.39 is 10.0 Å². The van der Waals surface area contributed by atoms with Gasteiger partial charge in [-0.15, -0.1) is 0 Å². The Kier molecular flexibility index (Phi) is 5.21. The van der Waals surface area contributed by atoms with E-state index in [4.69, 9.17) is 5.26 Å². The van der Waals surface area contributed by atoms with Gasteiger partial charge in [-0.1, -0.05) is 12.1 Å². The van der Waals surface area contributed by atoms with Crippen molar-refractivity contribution in [2.24, 2.45) is 0 Å². The third-order valence-corrected chi connectivity index (χ3v) is 3.92. The quantitative estimate of drug-likeness (QED) is 0.871. The van der Waals surface area contributed by atoms with Crippen LogP contribution < -0.4 is 10.0 Å². The number of hydrogen-bond acceptors (Lipinski definition) is 4. The first-order valence-electron chi connectivity index (χ1n) is 7.17. The molecule has 0 saturated carbocycles. The molecule has 0 saturated heterocycles. The Hall–Kier alpha value is -2.85. The lowest BCUT2D eigenvalue weighted by molar-refractivity contribution is 0.0940. The van der Waals surface area contributed by atoms with E-state index >= 15 is 0 Å². The normalized spacial score (nSPS) is 12.0. The number of nitrogens with zero attached hydrogens (tertiary/aromatic N) is 1. The largest absolute Gasteiger partial charge is 0.346 e. The Labute approximate surface area is 141 Å². The number of benzene rings is 2. The smallest absolute Gasteiger partial charge is 0.251 e. The first-order valence-corrected chi connectivity index (χ1v) is 9.06. The number of carbonyl (C=O) groups is 1. The number of sulfonamides is 1. The zero-order chi connectivity index (χ0) is 17.7. The van der Waals surface area contributed by atoms with Crippen molar-refractivity contribution in [1.82, 2.24) is 5.32 Å². The molecule has 2 N–H and O–H groups in total. The number of carbonyl (C=O) groups excluding carboxylic acids is 1. The second-order valence-electron chi connectivity index (χ2n) is 5.38. The summed E-state index contributed by atoms with van der Waals surface area (Å²) in [6.07, 6.45) is 1.08. The average Bonchev–Trinajstić information content (AvgIpc) is 2.53. The summed E-state index contributed by atoms with van der Waals surface area (Å²) in [7, 11) is -3.36. The molecule has 0 bridgehead atoms. The van der Waals surface area contributed by atoms with Crippen molar-refractivity contribution in [3.05, 3.63) is 65.2 Å². The van der Waals surface area contributed by atoms with E-state index in [0.29, 0.717) is 16.8 Å². The molecule has 0 unspecified atom stereocenters. The summed E-state index contributed by atoms with van der Waals surface area (Å²) in [5.41, 5.74) is 2.14. The van der Waals surface area contributed by atoms with Crippen molar-refractivity contribution >= 4 is 21.6 Å². The molecule has 0 radical (unpaired) electrons. The van der Waals surface area contributed by atoms with Crippen LogP contribution in [0, 0.1) is 11.3 Å². The van der Waals surface area contributed by atoms with Crippen molar-refractivity contribution < 1.29 is 13.2 Å². The molecule has 0 fully saturated rings.